The third kappa shape index (κ3) is 4.02. The SMILES string of the molecule is CC(C)(C)OC(=O)NN1CC(=O)N2[C@H](c3cccc([N+](=O)[O-])c3)c3[nH]c4ccccc4c3C[C@@H]2C1=O. The Morgan fingerprint density at radius 1 is 1.17 bits per heavy atom. The average molecular weight is 492 g/mol. The zero-order valence-corrected chi connectivity index (χ0v) is 20.0. The second-order valence-corrected chi connectivity index (χ2v) is 9.88. The maximum Gasteiger partial charge on any atom is 0.426 e. The molecule has 2 aromatic carbocycles. The Labute approximate surface area is 206 Å². The van der Waals surface area contributed by atoms with Crippen molar-refractivity contribution < 1.29 is 24.0 Å². The summed E-state index contributed by atoms with van der Waals surface area (Å²) in [6.07, 6.45) is -0.613. The van der Waals surface area contributed by atoms with Gasteiger partial charge in [0.05, 0.1) is 11.0 Å². The maximum absolute atomic E-state index is 13.6. The number of fused-ring (bicyclic) bond motifs is 4. The van der Waals surface area contributed by atoms with Gasteiger partial charge in [0.1, 0.15) is 18.2 Å². The summed E-state index contributed by atoms with van der Waals surface area (Å²) in [5, 5.41) is 13.4. The van der Waals surface area contributed by atoms with E-state index >= 15 is 0 Å². The number of hydrogen-bond acceptors (Lipinski definition) is 6. The molecule has 3 amide bonds. The lowest BCUT2D eigenvalue weighted by Gasteiger charge is -2.46. The van der Waals surface area contributed by atoms with Crippen molar-refractivity contribution in [1.29, 1.82) is 0 Å². The number of non-ortho nitro benzene ring substituents is 1. The van der Waals surface area contributed by atoms with Crippen LogP contribution in [-0.4, -0.2) is 55.9 Å². The monoisotopic (exact) mass is 491 g/mol. The molecule has 3 aromatic rings. The number of nitro groups is 1. The molecule has 0 saturated carbocycles. The Bertz CT molecular complexity index is 1410. The van der Waals surface area contributed by atoms with Gasteiger partial charge in [0.2, 0.25) is 5.91 Å². The molecule has 2 N–H and O–H groups in total. The summed E-state index contributed by atoms with van der Waals surface area (Å²) >= 11 is 0. The van der Waals surface area contributed by atoms with Crippen LogP contribution in [0.25, 0.3) is 10.9 Å². The number of aromatic amines is 1. The topological polar surface area (TPSA) is 138 Å². The van der Waals surface area contributed by atoms with Gasteiger partial charge in [-0.25, -0.2) is 15.2 Å². The number of hydrogen-bond donors (Lipinski definition) is 2. The summed E-state index contributed by atoms with van der Waals surface area (Å²) in [6, 6.07) is 12.0. The van der Waals surface area contributed by atoms with E-state index in [9.17, 15) is 24.5 Å². The standard InChI is InChI=1S/C25H25N5O6/c1-25(2,3)36-24(33)27-28-13-20(31)29-19(23(28)32)12-17-16-9-4-5-10-18(16)26-21(17)22(29)14-7-6-8-15(11-14)30(34)35/h4-11,19,22,26H,12-13H2,1-3H3,(H,27,33)/t19-,22-/m1/s1. The Balaban J connectivity index is 1.59. The van der Waals surface area contributed by atoms with Crippen molar-refractivity contribution >= 4 is 34.5 Å². The fraction of sp³-hybridized carbons (Fsp3) is 0.320. The van der Waals surface area contributed by atoms with E-state index in [0.717, 1.165) is 21.5 Å². The molecule has 0 bridgehead atoms. The van der Waals surface area contributed by atoms with Crippen molar-refractivity contribution in [2.24, 2.45) is 0 Å². The molecule has 186 valence electrons. The molecular weight excluding hydrogens is 466 g/mol. The molecule has 2 atom stereocenters. The molecule has 1 aromatic heterocycles. The number of ether oxygens (including phenoxy) is 1. The van der Waals surface area contributed by atoms with Crippen LogP contribution in [-0.2, 0) is 20.7 Å². The van der Waals surface area contributed by atoms with Crippen molar-refractivity contribution in [3.05, 3.63) is 75.5 Å². The molecule has 3 heterocycles. The van der Waals surface area contributed by atoms with Crippen molar-refractivity contribution in [3.63, 3.8) is 0 Å². The maximum atomic E-state index is 13.6. The van der Waals surface area contributed by atoms with E-state index in [0.29, 0.717) is 11.3 Å². The van der Waals surface area contributed by atoms with E-state index in [1.54, 1.807) is 32.9 Å². The number of aromatic nitrogens is 1. The van der Waals surface area contributed by atoms with Crippen molar-refractivity contribution in [2.75, 3.05) is 6.54 Å². The normalized spacial score (nSPS) is 19.6. The number of benzene rings is 2. The van der Waals surface area contributed by atoms with E-state index in [4.69, 9.17) is 4.74 Å². The molecular formula is C25H25N5O6. The first-order valence-corrected chi connectivity index (χ1v) is 11.5. The third-order valence-electron chi connectivity index (χ3n) is 6.29. The Hall–Kier alpha value is -4.41. The van der Waals surface area contributed by atoms with E-state index in [1.807, 2.05) is 24.3 Å². The molecule has 1 saturated heterocycles. The number of piperazine rings is 1. The lowest BCUT2D eigenvalue weighted by atomic mass is 9.86. The van der Waals surface area contributed by atoms with Crippen LogP contribution in [0.4, 0.5) is 10.5 Å². The number of nitro benzene ring substituents is 1. The number of para-hydroxylation sites is 1. The van der Waals surface area contributed by atoms with Crippen LogP contribution >= 0.6 is 0 Å². The molecule has 11 heteroatoms. The molecule has 1 fully saturated rings. The average Bonchev–Trinajstić information content (AvgIpc) is 3.18. The van der Waals surface area contributed by atoms with Gasteiger partial charge in [-0.2, -0.15) is 0 Å². The molecule has 5 rings (SSSR count). The third-order valence-corrected chi connectivity index (χ3v) is 6.29. The van der Waals surface area contributed by atoms with Crippen molar-refractivity contribution in [1.82, 2.24) is 20.3 Å². The molecule has 36 heavy (non-hydrogen) atoms. The van der Waals surface area contributed by atoms with Crippen LogP contribution in [0.5, 0.6) is 0 Å². The first kappa shape index (κ1) is 23.3. The largest absolute Gasteiger partial charge is 0.443 e. The predicted octanol–water partition coefficient (Wildman–Crippen LogP) is 3.20. The van der Waals surface area contributed by atoms with Crippen LogP contribution in [0.3, 0.4) is 0 Å². The number of nitrogens with zero attached hydrogens (tertiary/aromatic N) is 3. The minimum Gasteiger partial charge on any atom is -0.443 e. The quantitative estimate of drug-likeness (QED) is 0.426. The Kier molecular flexibility index (Phi) is 5.42. The predicted molar refractivity (Wildman–Crippen MR) is 129 cm³/mol. The highest BCUT2D eigenvalue weighted by atomic mass is 16.6. The van der Waals surface area contributed by atoms with Gasteiger partial charge in [-0.1, -0.05) is 30.3 Å². The van der Waals surface area contributed by atoms with E-state index in [2.05, 4.69) is 10.4 Å². The Morgan fingerprint density at radius 3 is 2.64 bits per heavy atom. The molecule has 0 spiro atoms. The molecule has 2 aliphatic heterocycles. The molecule has 11 nitrogen and oxygen atoms in total. The summed E-state index contributed by atoms with van der Waals surface area (Å²) < 4.78 is 5.25. The highest BCUT2D eigenvalue weighted by Gasteiger charge is 2.49. The van der Waals surface area contributed by atoms with Gasteiger partial charge in [0, 0.05) is 35.2 Å². The fourth-order valence-electron chi connectivity index (χ4n) is 4.93. The van der Waals surface area contributed by atoms with Crippen molar-refractivity contribution in [2.45, 2.75) is 44.9 Å². The smallest absolute Gasteiger partial charge is 0.426 e. The molecule has 0 aliphatic carbocycles. The molecule has 0 unspecified atom stereocenters. The first-order chi connectivity index (χ1) is 17.0. The van der Waals surface area contributed by atoms with Gasteiger partial charge in [0.15, 0.2) is 0 Å². The summed E-state index contributed by atoms with van der Waals surface area (Å²) in [7, 11) is 0. The van der Waals surface area contributed by atoms with Gasteiger partial charge in [-0.15, -0.1) is 0 Å². The Morgan fingerprint density at radius 2 is 1.92 bits per heavy atom. The zero-order chi connectivity index (χ0) is 25.8. The fourth-order valence-corrected chi connectivity index (χ4v) is 4.93. The lowest BCUT2D eigenvalue weighted by molar-refractivity contribution is -0.384. The minimum atomic E-state index is -0.919. The van der Waals surface area contributed by atoms with E-state index < -0.39 is 47.1 Å². The van der Waals surface area contributed by atoms with Gasteiger partial charge in [-0.3, -0.25) is 19.7 Å². The number of amides is 3. The van der Waals surface area contributed by atoms with Crippen LogP contribution in [0.2, 0.25) is 0 Å². The van der Waals surface area contributed by atoms with Crippen LogP contribution in [0.1, 0.15) is 43.6 Å². The van der Waals surface area contributed by atoms with E-state index in [-0.39, 0.29) is 12.1 Å². The highest BCUT2D eigenvalue weighted by molar-refractivity contribution is 5.98. The number of nitrogens with one attached hydrogen (secondary N) is 2. The number of rotatable bonds is 3. The minimum absolute atomic E-state index is 0.115. The summed E-state index contributed by atoms with van der Waals surface area (Å²) in [5.74, 6) is -0.872. The van der Waals surface area contributed by atoms with Crippen molar-refractivity contribution in [3.8, 4) is 0 Å². The van der Waals surface area contributed by atoms with E-state index in [1.165, 1.54) is 17.0 Å². The first-order valence-electron chi connectivity index (χ1n) is 11.5. The molecule has 2 aliphatic rings. The van der Waals surface area contributed by atoms with Gasteiger partial charge in [-0.05, 0) is 38.0 Å². The van der Waals surface area contributed by atoms with Crippen LogP contribution in [0, 0.1) is 10.1 Å². The van der Waals surface area contributed by atoms with Gasteiger partial charge >= 0.3 is 6.09 Å². The second-order valence-electron chi connectivity index (χ2n) is 9.88. The van der Waals surface area contributed by atoms with Gasteiger partial charge in [0.25, 0.3) is 11.6 Å². The summed E-state index contributed by atoms with van der Waals surface area (Å²) in [5.41, 5.74) is 4.41. The lowest BCUT2D eigenvalue weighted by Crippen LogP contribution is -2.66. The second kappa shape index (κ2) is 8.36. The summed E-state index contributed by atoms with van der Waals surface area (Å²) in [4.78, 5) is 55.2. The van der Waals surface area contributed by atoms with Crippen LogP contribution in [0.15, 0.2) is 48.5 Å². The summed E-state index contributed by atoms with van der Waals surface area (Å²) in [6.45, 7) is 4.69. The zero-order valence-electron chi connectivity index (χ0n) is 20.0. The van der Waals surface area contributed by atoms with Crippen LogP contribution < -0.4 is 5.43 Å². The number of H-pyrrole nitrogens is 1. The number of carbonyl (C=O) groups is 3. The number of carbonyl (C=O) groups excluding carboxylic acids is 3. The molecule has 0 radical (unpaired) electrons. The number of hydrazine groups is 1. The highest BCUT2D eigenvalue weighted by Crippen LogP contribution is 2.42. The van der Waals surface area contributed by atoms with Gasteiger partial charge < -0.3 is 14.6 Å².